The summed E-state index contributed by atoms with van der Waals surface area (Å²) in [4.78, 5) is 12.0. The fourth-order valence-electron chi connectivity index (χ4n) is 2.28. The van der Waals surface area contributed by atoms with Gasteiger partial charge in [0.05, 0.1) is 23.7 Å². The van der Waals surface area contributed by atoms with E-state index in [1.807, 2.05) is 0 Å². The number of nitrogens with two attached hydrogens (primary N) is 1. The van der Waals surface area contributed by atoms with E-state index in [0.29, 0.717) is 35.8 Å². The van der Waals surface area contributed by atoms with Gasteiger partial charge < -0.3 is 20.5 Å². The number of amides is 1. The van der Waals surface area contributed by atoms with Gasteiger partial charge in [-0.1, -0.05) is 0 Å². The Morgan fingerprint density at radius 3 is 2.64 bits per heavy atom. The second-order valence-electron chi connectivity index (χ2n) is 4.84. The molecule has 0 radical (unpaired) electrons. The van der Waals surface area contributed by atoms with Crippen molar-refractivity contribution < 1.29 is 22.7 Å². The molecular formula is C12H16ClN3O5S. The van der Waals surface area contributed by atoms with Crippen molar-refractivity contribution in [2.24, 2.45) is 0 Å². The molecule has 22 heavy (non-hydrogen) atoms. The number of nitrogen functional groups attached to an aromatic ring is 1. The van der Waals surface area contributed by atoms with Gasteiger partial charge in [0, 0.05) is 18.7 Å². The van der Waals surface area contributed by atoms with Crippen molar-refractivity contribution in [2.45, 2.75) is 6.42 Å². The van der Waals surface area contributed by atoms with Crippen LogP contribution < -0.4 is 20.5 Å². The van der Waals surface area contributed by atoms with E-state index in [2.05, 4.69) is 5.32 Å². The maximum Gasteiger partial charge on any atom is 0.239 e. The highest BCUT2D eigenvalue weighted by Gasteiger charge is 2.30. The fourth-order valence-corrected chi connectivity index (χ4v) is 3.76. The van der Waals surface area contributed by atoms with E-state index in [4.69, 9.17) is 15.2 Å². The zero-order valence-corrected chi connectivity index (χ0v) is 13.2. The summed E-state index contributed by atoms with van der Waals surface area (Å²) in [6.45, 7) is 0.265. The Morgan fingerprint density at radius 1 is 1.32 bits per heavy atom. The van der Waals surface area contributed by atoms with E-state index >= 15 is 0 Å². The lowest BCUT2D eigenvalue weighted by Gasteiger charge is -2.15. The number of hydrogen-bond donors (Lipinski definition) is 2. The molecule has 2 heterocycles. The molecule has 2 aliphatic heterocycles. The standard InChI is InChI=1S/C12H15N3O5S.ClH/c13-8-4-10-11(20-7-19-10)5-9(8)14-12(16)6-15-2-1-3-21(15,17)18;/h4-5H,1-3,6-7,13H2,(H,14,16);1H. The quantitative estimate of drug-likeness (QED) is 0.764. The summed E-state index contributed by atoms with van der Waals surface area (Å²) < 4.78 is 34.9. The number of anilines is 2. The van der Waals surface area contributed by atoms with Crippen LogP contribution in [0.4, 0.5) is 11.4 Å². The lowest BCUT2D eigenvalue weighted by atomic mass is 10.2. The predicted molar refractivity (Wildman–Crippen MR) is 82.8 cm³/mol. The highest BCUT2D eigenvalue weighted by molar-refractivity contribution is 7.89. The van der Waals surface area contributed by atoms with Gasteiger partial charge in [0.15, 0.2) is 11.5 Å². The van der Waals surface area contributed by atoms with Gasteiger partial charge in [0.1, 0.15) is 0 Å². The van der Waals surface area contributed by atoms with E-state index in [1.54, 1.807) is 12.1 Å². The highest BCUT2D eigenvalue weighted by Crippen LogP contribution is 2.38. The molecule has 0 atom stereocenters. The van der Waals surface area contributed by atoms with Crippen LogP contribution in [0.25, 0.3) is 0 Å². The first-order valence-corrected chi connectivity index (χ1v) is 8.03. The highest BCUT2D eigenvalue weighted by atomic mass is 35.5. The minimum absolute atomic E-state index is 0. The Labute approximate surface area is 134 Å². The number of hydrogen-bond acceptors (Lipinski definition) is 6. The van der Waals surface area contributed by atoms with Gasteiger partial charge in [-0.25, -0.2) is 8.42 Å². The molecule has 0 bridgehead atoms. The number of carbonyl (C=O) groups is 1. The molecule has 0 spiro atoms. The van der Waals surface area contributed by atoms with Crippen LogP contribution in [0, 0.1) is 0 Å². The van der Waals surface area contributed by atoms with E-state index in [0.717, 1.165) is 0 Å². The molecule has 3 N–H and O–H groups in total. The molecule has 2 aliphatic rings. The van der Waals surface area contributed by atoms with Gasteiger partial charge in [0.2, 0.25) is 22.7 Å². The molecule has 8 nitrogen and oxygen atoms in total. The number of nitrogens with zero attached hydrogens (tertiary/aromatic N) is 1. The molecular weight excluding hydrogens is 334 g/mol. The number of halogens is 1. The molecule has 1 fully saturated rings. The number of benzene rings is 1. The van der Waals surface area contributed by atoms with Crippen LogP contribution in [0.1, 0.15) is 6.42 Å². The van der Waals surface area contributed by atoms with Crippen LogP contribution in [-0.2, 0) is 14.8 Å². The molecule has 122 valence electrons. The lowest BCUT2D eigenvalue weighted by Crippen LogP contribution is -2.34. The van der Waals surface area contributed by atoms with Crippen LogP contribution in [0.15, 0.2) is 12.1 Å². The van der Waals surface area contributed by atoms with Crippen molar-refractivity contribution in [1.29, 1.82) is 0 Å². The third-order valence-corrected chi connectivity index (χ3v) is 5.25. The number of ether oxygens (including phenoxy) is 2. The molecule has 10 heteroatoms. The second kappa shape index (κ2) is 6.19. The Kier molecular flexibility index (Phi) is 4.69. The zero-order valence-electron chi connectivity index (χ0n) is 11.6. The minimum Gasteiger partial charge on any atom is -0.454 e. The number of fused-ring (bicyclic) bond motifs is 1. The lowest BCUT2D eigenvalue weighted by molar-refractivity contribution is -0.116. The fraction of sp³-hybridized carbons (Fsp3) is 0.417. The van der Waals surface area contributed by atoms with Crippen LogP contribution in [0.2, 0.25) is 0 Å². The summed E-state index contributed by atoms with van der Waals surface area (Å²) in [5.41, 5.74) is 6.53. The smallest absolute Gasteiger partial charge is 0.239 e. The number of carbonyl (C=O) groups excluding carboxylic acids is 1. The maximum absolute atomic E-state index is 12.0. The zero-order chi connectivity index (χ0) is 15.0. The van der Waals surface area contributed by atoms with E-state index in [1.165, 1.54) is 4.31 Å². The topological polar surface area (TPSA) is 111 Å². The molecule has 0 aromatic heterocycles. The number of rotatable bonds is 3. The molecule has 1 aromatic rings. The summed E-state index contributed by atoms with van der Waals surface area (Å²) in [5.74, 6) is 0.666. The van der Waals surface area contributed by atoms with Gasteiger partial charge >= 0.3 is 0 Å². The van der Waals surface area contributed by atoms with Crippen LogP contribution in [0.3, 0.4) is 0 Å². The number of sulfonamides is 1. The van der Waals surface area contributed by atoms with Crippen molar-refractivity contribution in [3.05, 3.63) is 12.1 Å². The normalized spacial score (nSPS) is 18.7. The molecule has 0 aliphatic carbocycles. The molecule has 0 saturated carbocycles. The van der Waals surface area contributed by atoms with Gasteiger partial charge in [-0.15, -0.1) is 12.4 Å². The van der Waals surface area contributed by atoms with Crippen molar-refractivity contribution in [1.82, 2.24) is 4.31 Å². The first kappa shape index (κ1) is 16.7. The van der Waals surface area contributed by atoms with Gasteiger partial charge in [-0.3, -0.25) is 4.79 Å². The van der Waals surface area contributed by atoms with Crippen LogP contribution >= 0.6 is 12.4 Å². The Bertz CT molecular complexity index is 694. The Hall–Kier alpha value is -1.71. The maximum atomic E-state index is 12.0. The summed E-state index contributed by atoms with van der Waals surface area (Å²) in [6.07, 6.45) is 0.543. The van der Waals surface area contributed by atoms with Gasteiger partial charge in [0.25, 0.3) is 0 Å². The summed E-state index contributed by atoms with van der Waals surface area (Å²) in [5, 5.41) is 2.60. The minimum atomic E-state index is -3.30. The molecule has 0 unspecified atom stereocenters. The van der Waals surface area contributed by atoms with Crippen LogP contribution in [0.5, 0.6) is 11.5 Å². The monoisotopic (exact) mass is 349 g/mol. The second-order valence-corrected chi connectivity index (χ2v) is 6.93. The van der Waals surface area contributed by atoms with Gasteiger partial charge in [-0.05, 0) is 6.42 Å². The molecule has 3 rings (SSSR count). The van der Waals surface area contributed by atoms with Gasteiger partial charge in [-0.2, -0.15) is 4.31 Å². The van der Waals surface area contributed by atoms with Crippen molar-refractivity contribution >= 4 is 39.7 Å². The third-order valence-electron chi connectivity index (χ3n) is 3.34. The number of nitrogens with one attached hydrogen (secondary N) is 1. The van der Waals surface area contributed by atoms with Crippen molar-refractivity contribution in [3.63, 3.8) is 0 Å². The average Bonchev–Trinajstić information content (AvgIpc) is 2.97. The third kappa shape index (κ3) is 3.21. The first-order chi connectivity index (χ1) is 9.95. The summed E-state index contributed by atoms with van der Waals surface area (Å²) >= 11 is 0. The van der Waals surface area contributed by atoms with E-state index in [9.17, 15) is 13.2 Å². The summed E-state index contributed by atoms with van der Waals surface area (Å²) in [7, 11) is -3.30. The van der Waals surface area contributed by atoms with Crippen LogP contribution in [-0.4, -0.2) is 44.3 Å². The van der Waals surface area contributed by atoms with E-state index < -0.39 is 15.9 Å². The SMILES string of the molecule is Cl.Nc1cc2c(cc1NC(=O)CN1CCCS1(=O)=O)OCO2. The molecule has 1 aromatic carbocycles. The van der Waals surface area contributed by atoms with E-state index in [-0.39, 0.29) is 31.5 Å². The Morgan fingerprint density at radius 2 is 2.00 bits per heavy atom. The molecule has 1 saturated heterocycles. The van der Waals surface area contributed by atoms with Crippen molar-refractivity contribution in [3.8, 4) is 11.5 Å². The van der Waals surface area contributed by atoms with Crippen molar-refractivity contribution in [2.75, 3.05) is 36.7 Å². The Balaban J connectivity index is 0.00000176. The molecule has 1 amide bonds. The largest absolute Gasteiger partial charge is 0.454 e. The average molecular weight is 350 g/mol. The first-order valence-electron chi connectivity index (χ1n) is 6.42. The summed E-state index contributed by atoms with van der Waals surface area (Å²) in [6, 6.07) is 3.12. The predicted octanol–water partition coefficient (Wildman–Crippen LogP) is 0.393.